The molecule has 26 rings (SSSR count). The second kappa shape index (κ2) is 37.3. The molecule has 0 unspecified atom stereocenters. The van der Waals surface area contributed by atoms with Crippen LogP contribution in [-0.2, 0) is 151 Å². The van der Waals surface area contributed by atoms with Crippen LogP contribution in [0.4, 0.5) is 0 Å². The van der Waals surface area contributed by atoms with Crippen LogP contribution in [0.1, 0.15) is 202 Å². The molecule has 0 aliphatic carbocycles. The van der Waals surface area contributed by atoms with Gasteiger partial charge in [0.25, 0.3) is 0 Å². The van der Waals surface area contributed by atoms with E-state index in [1.54, 1.807) is 0 Å². The molecule has 0 amide bonds. The number of para-hydroxylation sites is 4. The first kappa shape index (κ1) is 101. The van der Waals surface area contributed by atoms with Crippen LogP contribution in [0.2, 0.25) is 0 Å². The summed E-state index contributed by atoms with van der Waals surface area (Å²) in [6.45, 7) is 35.0. The molecule has 0 atom stereocenters. The minimum atomic E-state index is -0.538. The van der Waals surface area contributed by atoms with Crippen molar-refractivity contribution in [3.63, 3.8) is 0 Å². The minimum absolute atomic E-state index is 0. The maximum absolute atomic E-state index is 5.49. The number of fused-ring (bicyclic) bond motifs is 46. The van der Waals surface area contributed by atoms with Gasteiger partial charge in [0, 0.05) is 101 Å². The molecule has 18 heterocycles. The molecule has 0 fully saturated rings. The van der Waals surface area contributed by atoms with Gasteiger partial charge >= 0.3 is 79.6 Å². The first-order valence-electron chi connectivity index (χ1n) is 48.5. The van der Waals surface area contributed by atoms with Crippen LogP contribution in [0, 0.1) is 12.1 Å². The molecule has 0 spiro atoms. The van der Waals surface area contributed by atoms with Gasteiger partial charge in [0.15, 0.2) is 0 Å². The van der Waals surface area contributed by atoms with E-state index in [1.807, 2.05) is 76.7 Å². The predicted molar refractivity (Wildman–Crippen MR) is 560 cm³/mol. The number of hydrogen-bond acceptors (Lipinski definition) is 8. The van der Waals surface area contributed by atoms with Gasteiger partial charge in [-0.05, 0) is 147 Å². The Balaban J connectivity index is 0.000000124. The standard InChI is InChI=1S/C40H32N6.C32H28N6.C26H26N4.C22H24N6.Cu.Pd.2Pt/c1-39(2)31-23-45(25-15-7-5-8-16-25)37(41-31)33-27-19-11-13-21-29(27)35(43-33)40(3,4)36-30-22-14-12-20-28(30)34(44-36)38-42-32(39)24-46(38)26-17-9-6-10-18-26;1-31(2)25-17-15-23(33-25)29-35-27(19-37(29)21-11-7-5-8-12-21)32(3,4)28-20-38(22-13-9-6-10-14-22)30(36-28)24-16-18-26(31)34-24;1-25(2)19-11-7-9-17(13-19)23-27-21(15-29(23)5)26(3,4)22-16-30(6)24(28-22)18-10-8-12-20(25)14-18;1-21(2)15-9-7-13(23-15)19-25-17(11-27(19)5)22(3,4)18-12-28(6)20(26-18)14-8-10-16(21)24-14;;;;/h5-24H,1-4H3;5-20H,1-4H3;7-12,15-16H,1-6H3;7-12H,1-6H3;;;;/q4*-2;4*+2. The van der Waals surface area contributed by atoms with E-state index in [9.17, 15) is 0 Å². The molecule has 0 saturated carbocycles. The molecule has 22 aromatic rings. The summed E-state index contributed by atoms with van der Waals surface area (Å²) in [7, 11) is 8.14. The maximum atomic E-state index is 5.49. The summed E-state index contributed by atoms with van der Waals surface area (Å²) >= 11 is 0. The van der Waals surface area contributed by atoms with Gasteiger partial charge in [0.1, 0.15) is 34.9 Å². The van der Waals surface area contributed by atoms with Crippen LogP contribution in [0.3, 0.4) is 0 Å². The summed E-state index contributed by atoms with van der Waals surface area (Å²) in [5.74, 6) is 6.84. The van der Waals surface area contributed by atoms with E-state index < -0.39 is 16.2 Å². The van der Waals surface area contributed by atoms with E-state index in [0.29, 0.717) is 0 Å². The molecule has 22 nitrogen and oxygen atoms in total. The fourth-order valence-electron chi connectivity index (χ4n) is 20.5. The van der Waals surface area contributed by atoms with Crippen molar-refractivity contribution in [2.75, 3.05) is 0 Å². The maximum Gasteiger partial charge on any atom is 2.00 e. The van der Waals surface area contributed by atoms with Gasteiger partial charge in [0.2, 0.25) is 0 Å². The van der Waals surface area contributed by atoms with Gasteiger partial charge in [-0.2, -0.15) is 22.8 Å². The fourth-order valence-corrected chi connectivity index (χ4v) is 20.5. The molecule has 14 aromatic heterocycles. The molecule has 1 radical (unpaired) electrons. The average Bonchev–Trinajstić information content (AvgIpc) is 1.53. The zero-order valence-corrected chi connectivity index (χ0v) is 92.0. The van der Waals surface area contributed by atoms with E-state index in [2.05, 4.69) is 415 Å². The van der Waals surface area contributed by atoms with Crippen molar-refractivity contribution in [1.82, 2.24) is 106 Å². The molecule has 4 aliphatic heterocycles. The topological polar surface area (TPSA) is 227 Å². The summed E-state index contributed by atoms with van der Waals surface area (Å²) in [5.41, 5.74) is 24.0. The molecule has 741 valence electrons. The van der Waals surface area contributed by atoms with Crippen molar-refractivity contribution in [1.29, 1.82) is 0 Å². The van der Waals surface area contributed by atoms with Crippen molar-refractivity contribution in [2.45, 2.75) is 154 Å². The van der Waals surface area contributed by atoms with Crippen molar-refractivity contribution in [3.8, 4) is 115 Å². The third-order valence-electron chi connectivity index (χ3n) is 30.0. The Morgan fingerprint density at radius 1 is 0.219 bits per heavy atom. The fraction of sp³-hybridized carbons (Fsp3) is 0.233. The summed E-state index contributed by atoms with van der Waals surface area (Å²) in [6.07, 6.45) is 17.0. The first-order chi connectivity index (χ1) is 68.0. The Morgan fingerprint density at radius 2 is 0.459 bits per heavy atom. The van der Waals surface area contributed by atoms with Gasteiger partial charge in [-0.1, -0.05) is 259 Å². The van der Waals surface area contributed by atoms with Gasteiger partial charge in [-0.25, -0.2) is 29.9 Å². The number of hydrogen-bond donors (Lipinski definition) is 0. The van der Waals surface area contributed by atoms with Crippen LogP contribution in [0.15, 0.2) is 304 Å². The molecule has 26 heteroatoms. The average molecular weight is 2420 g/mol. The Hall–Kier alpha value is -13.8. The molecular formula is C120H110CuN22PdPt2. The predicted octanol–water partition coefficient (Wildman–Crippen LogP) is 23.3. The number of rotatable bonds is 4. The minimum Gasteiger partial charge on any atom is -0.658 e. The Kier molecular flexibility index (Phi) is 25.8. The molecule has 0 saturated heterocycles. The van der Waals surface area contributed by atoms with Gasteiger partial charge in [-0.3, -0.25) is 9.97 Å². The van der Waals surface area contributed by atoms with Crippen molar-refractivity contribution >= 4 is 21.5 Å². The number of nitrogens with zero attached hydrogens (tertiary/aromatic N) is 22. The summed E-state index contributed by atoms with van der Waals surface area (Å²) in [6, 6.07) is 95.1. The van der Waals surface area contributed by atoms with Gasteiger partial charge in [0.05, 0.1) is 78.9 Å². The van der Waals surface area contributed by atoms with E-state index in [4.69, 9.17) is 69.8 Å². The second-order valence-electron chi connectivity index (χ2n) is 42.4. The van der Waals surface area contributed by atoms with E-state index in [0.717, 1.165) is 227 Å². The van der Waals surface area contributed by atoms with E-state index in [1.165, 1.54) is 0 Å². The normalized spacial score (nSPS) is 15.2. The SMILES string of the molecule is CC1(C)c2cn(-c3ccccc3)c(n2)-c2[n-]c(c3ccccc23)C(C)(C)c2[n-]c(c3ccccc23)-c2nc1cn2-c1ccccc1.CC1(C)c2cn(-c3ccccc3)c(n2)-c2ccc([n-]2)C(C)(C)c2ccc([n-]2)-c2nc1cn2-c1ccccc1.Cn1cc2nc1-c1[c-]c(ccc1)C(C)(C)c1[c-]c(ccc1)-c1nc(cn1C)C2(C)C.Cn1cc2nc1-c1ccc([n-]1)C(C)(C)c1ccc([n-]1)-c1nc(cn1C)C2(C)C.[Cu+2].[Pd+2].[Pt+2].[Pt+2]. The molecule has 32 bridgehead atoms. The number of benzene rings is 8. The van der Waals surface area contributed by atoms with Crippen LogP contribution < -0.4 is 29.9 Å². The smallest absolute Gasteiger partial charge is 0.658 e. The molecular weight excluding hydrogens is 2310 g/mol. The monoisotopic (exact) mass is 2420 g/mol. The van der Waals surface area contributed by atoms with Crippen LogP contribution >= 0.6 is 0 Å². The second-order valence-corrected chi connectivity index (χ2v) is 42.4. The summed E-state index contributed by atoms with van der Waals surface area (Å²) < 4.78 is 16.9. The molecule has 8 aromatic carbocycles. The molecule has 4 aliphatic rings. The van der Waals surface area contributed by atoms with Crippen molar-refractivity contribution in [3.05, 3.63) is 407 Å². The largest absolute Gasteiger partial charge is 2.00 e. The van der Waals surface area contributed by atoms with Crippen LogP contribution in [0.5, 0.6) is 0 Å². The molecule has 0 N–H and O–H groups in total. The van der Waals surface area contributed by atoms with Crippen LogP contribution in [-0.4, -0.2) is 76.4 Å². The molecule has 146 heavy (non-hydrogen) atoms. The first-order valence-corrected chi connectivity index (χ1v) is 48.5. The Labute approximate surface area is 904 Å². The van der Waals surface area contributed by atoms with Crippen molar-refractivity contribution < 1.29 is 79.6 Å². The third-order valence-corrected chi connectivity index (χ3v) is 30.0. The van der Waals surface area contributed by atoms with Gasteiger partial charge < -0.3 is 66.4 Å². The Morgan fingerprint density at radius 3 is 0.760 bits per heavy atom. The zero-order chi connectivity index (χ0) is 98.4. The van der Waals surface area contributed by atoms with Crippen molar-refractivity contribution in [2.24, 2.45) is 28.2 Å². The zero-order valence-electron chi connectivity index (χ0n) is 85.0. The van der Waals surface area contributed by atoms with E-state index >= 15 is 0 Å². The number of aromatic nitrogens is 22. The quantitative estimate of drug-likeness (QED) is 0.118. The van der Waals surface area contributed by atoms with E-state index in [-0.39, 0.29) is 107 Å². The number of imidazole rings is 8. The third kappa shape index (κ3) is 16.8. The summed E-state index contributed by atoms with van der Waals surface area (Å²) in [5, 5.41) is 4.39. The Bertz CT molecular complexity index is 8140. The number of aryl methyl sites for hydroxylation is 4. The van der Waals surface area contributed by atoms with Gasteiger partial charge in [-0.15, -0.1) is 82.2 Å². The summed E-state index contributed by atoms with van der Waals surface area (Å²) in [4.78, 5) is 72.3. The van der Waals surface area contributed by atoms with Crippen LogP contribution in [0.25, 0.3) is 136 Å².